The average Bonchev–Trinajstić information content (AvgIpc) is 3.12. The van der Waals surface area contributed by atoms with Crippen molar-refractivity contribution in [3.8, 4) is 17.3 Å². The molecule has 0 unspecified atom stereocenters. The summed E-state index contributed by atoms with van der Waals surface area (Å²) in [5.41, 5.74) is 1.69. The van der Waals surface area contributed by atoms with E-state index in [0.29, 0.717) is 30.6 Å². The fourth-order valence-corrected chi connectivity index (χ4v) is 3.31. The SMILES string of the molecule is COc1cc(N[C@@H]2CCCN(C(=O)O)C2)nc(-c2cnn3ccccc23)n1. The van der Waals surface area contributed by atoms with Crippen LogP contribution in [0.25, 0.3) is 16.9 Å². The number of hydrogen-bond donors (Lipinski definition) is 2. The van der Waals surface area contributed by atoms with Crippen LogP contribution in [0.3, 0.4) is 0 Å². The van der Waals surface area contributed by atoms with Gasteiger partial charge in [0.1, 0.15) is 5.82 Å². The summed E-state index contributed by atoms with van der Waals surface area (Å²) in [7, 11) is 1.55. The monoisotopic (exact) mass is 368 g/mol. The molecule has 1 fully saturated rings. The summed E-state index contributed by atoms with van der Waals surface area (Å²) in [4.78, 5) is 21.7. The predicted molar refractivity (Wildman–Crippen MR) is 99.0 cm³/mol. The summed E-state index contributed by atoms with van der Waals surface area (Å²) in [6.45, 7) is 0.988. The molecule has 4 rings (SSSR count). The Morgan fingerprint density at radius 2 is 2.26 bits per heavy atom. The van der Waals surface area contributed by atoms with Crippen LogP contribution in [-0.4, -0.2) is 61.9 Å². The second-order valence-electron chi connectivity index (χ2n) is 6.42. The summed E-state index contributed by atoms with van der Waals surface area (Å²) >= 11 is 0. The van der Waals surface area contributed by atoms with E-state index in [1.165, 1.54) is 4.90 Å². The Kier molecular flexibility index (Phi) is 4.49. The van der Waals surface area contributed by atoms with E-state index in [1.54, 1.807) is 23.9 Å². The van der Waals surface area contributed by atoms with Crippen molar-refractivity contribution in [3.63, 3.8) is 0 Å². The molecule has 9 nitrogen and oxygen atoms in total. The van der Waals surface area contributed by atoms with Crippen molar-refractivity contribution in [2.45, 2.75) is 18.9 Å². The van der Waals surface area contributed by atoms with E-state index in [-0.39, 0.29) is 6.04 Å². The van der Waals surface area contributed by atoms with Crippen LogP contribution in [0.5, 0.6) is 5.88 Å². The van der Waals surface area contributed by atoms with Gasteiger partial charge in [0.05, 0.1) is 24.4 Å². The zero-order chi connectivity index (χ0) is 18.8. The van der Waals surface area contributed by atoms with Crippen molar-refractivity contribution in [2.24, 2.45) is 0 Å². The number of rotatable bonds is 4. The summed E-state index contributed by atoms with van der Waals surface area (Å²) in [5, 5.41) is 16.9. The Labute approximate surface area is 155 Å². The number of carboxylic acid groups (broad SMARTS) is 1. The molecule has 1 saturated heterocycles. The highest BCUT2D eigenvalue weighted by atomic mass is 16.5. The van der Waals surface area contributed by atoms with Gasteiger partial charge in [-0.05, 0) is 25.0 Å². The van der Waals surface area contributed by atoms with E-state index in [2.05, 4.69) is 20.4 Å². The lowest BCUT2D eigenvalue weighted by atomic mass is 10.1. The molecule has 9 heteroatoms. The van der Waals surface area contributed by atoms with Gasteiger partial charge in [0.25, 0.3) is 0 Å². The first-order valence-corrected chi connectivity index (χ1v) is 8.74. The van der Waals surface area contributed by atoms with Crippen LogP contribution in [0.2, 0.25) is 0 Å². The van der Waals surface area contributed by atoms with Crippen molar-refractivity contribution in [3.05, 3.63) is 36.7 Å². The first kappa shape index (κ1) is 17.1. The smallest absolute Gasteiger partial charge is 0.407 e. The molecule has 4 heterocycles. The predicted octanol–water partition coefficient (Wildman–Crippen LogP) is 2.35. The fraction of sp³-hybridized carbons (Fsp3) is 0.333. The zero-order valence-electron chi connectivity index (χ0n) is 14.9. The molecule has 27 heavy (non-hydrogen) atoms. The molecule has 0 aromatic carbocycles. The molecule has 2 N–H and O–H groups in total. The number of aromatic nitrogens is 4. The Morgan fingerprint density at radius 1 is 1.37 bits per heavy atom. The molecule has 0 radical (unpaired) electrons. The molecule has 0 aliphatic carbocycles. The maximum Gasteiger partial charge on any atom is 0.407 e. The highest BCUT2D eigenvalue weighted by Gasteiger charge is 2.24. The number of ether oxygens (including phenoxy) is 1. The molecule has 3 aromatic heterocycles. The highest BCUT2D eigenvalue weighted by Crippen LogP contribution is 2.26. The second-order valence-corrected chi connectivity index (χ2v) is 6.42. The first-order chi connectivity index (χ1) is 13.1. The maximum absolute atomic E-state index is 11.2. The van der Waals surface area contributed by atoms with E-state index < -0.39 is 6.09 Å². The van der Waals surface area contributed by atoms with Gasteiger partial charge in [-0.15, -0.1) is 0 Å². The number of methoxy groups -OCH3 is 1. The number of fused-ring (bicyclic) bond motifs is 1. The third-order valence-corrected chi connectivity index (χ3v) is 4.62. The van der Waals surface area contributed by atoms with E-state index in [9.17, 15) is 9.90 Å². The van der Waals surface area contributed by atoms with Gasteiger partial charge in [-0.1, -0.05) is 6.07 Å². The molecule has 140 valence electrons. The van der Waals surface area contributed by atoms with Gasteiger partial charge in [0.2, 0.25) is 5.88 Å². The van der Waals surface area contributed by atoms with Crippen molar-refractivity contribution < 1.29 is 14.6 Å². The number of amides is 1. The Balaban J connectivity index is 1.64. The lowest BCUT2D eigenvalue weighted by Gasteiger charge is -2.31. The van der Waals surface area contributed by atoms with Gasteiger partial charge in [-0.25, -0.2) is 14.3 Å². The maximum atomic E-state index is 11.2. The summed E-state index contributed by atoms with van der Waals surface area (Å²) in [6.07, 6.45) is 4.38. The Hall–Kier alpha value is -3.36. The number of piperidine rings is 1. The quantitative estimate of drug-likeness (QED) is 0.728. The number of hydrogen-bond acceptors (Lipinski definition) is 6. The lowest BCUT2D eigenvalue weighted by molar-refractivity contribution is 0.132. The summed E-state index contributed by atoms with van der Waals surface area (Å²) in [5.74, 6) is 1.54. The normalized spacial score (nSPS) is 17.1. The number of anilines is 1. The van der Waals surface area contributed by atoms with E-state index in [1.807, 2.05) is 24.4 Å². The third-order valence-electron chi connectivity index (χ3n) is 4.62. The molecule has 1 aliphatic rings. The summed E-state index contributed by atoms with van der Waals surface area (Å²) in [6, 6.07) is 7.49. The molecule has 0 saturated carbocycles. The first-order valence-electron chi connectivity index (χ1n) is 8.74. The van der Waals surface area contributed by atoms with Gasteiger partial charge in [-0.2, -0.15) is 10.1 Å². The van der Waals surface area contributed by atoms with Crippen LogP contribution < -0.4 is 10.1 Å². The Morgan fingerprint density at radius 3 is 3.07 bits per heavy atom. The number of nitrogens with one attached hydrogen (secondary N) is 1. The molecular formula is C18H20N6O3. The van der Waals surface area contributed by atoms with Crippen LogP contribution >= 0.6 is 0 Å². The molecule has 1 amide bonds. The van der Waals surface area contributed by atoms with E-state index in [4.69, 9.17) is 4.74 Å². The van der Waals surface area contributed by atoms with Gasteiger partial charge in [0, 0.05) is 31.4 Å². The minimum Gasteiger partial charge on any atom is -0.481 e. The number of pyridine rings is 1. The van der Waals surface area contributed by atoms with Gasteiger partial charge in [0.15, 0.2) is 5.82 Å². The van der Waals surface area contributed by atoms with Gasteiger partial charge < -0.3 is 20.1 Å². The van der Waals surface area contributed by atoms with Crippen molar-refractivity contribution in [1.82, 2.24) is 24.5 Å². The Bertz CT molecular complexity index is 973. The van der Waals surface area contributed by atoms with E-state index >= 15 is 0 Å². The highest BCUT2D eigenvalue weighted by molar-refractivity contribution is 5.76. The minimum absolute atomic E-state index is 0.00814. The fourth-order valence-electron chi connectivity index (χ4n) is 3.31. The summed E-state index contributed by atoms with van der Waals surface area (Å²) < 4.78 is 7.09. The topological polar surface area (TPSA) is 105 Å². The largest absolute Gasteiger partial charge is 0.481 e. The molecule has 0 bridgehead atoms. The van der Waals surface area contributed by atoms with Gasteiger partial charge in [-0.3, -0.25) is 0 Å². The lowest BCUT2D eigenvalue weighted by Crippen LogP contribution is -2.44. The standard InChI is InChI=1S/C18H20N6O3/c1-27-16-9-15(20-12-5-4-7-23(11-12)18(25)26)21-17(22-16)13-10-19-24-8-3-2-6-14(13)24/h2-3,6,8-10,12H,4-5,7,11H2,1H3,(H,25,26)(H,20,21,22)/t12-/m1/s1. The molecular weight excluding hydrogens is 348 g/mol. The van der Waals surface area contributed by atoms with Crippen LogP contribution in [0.15, 0.2) is 36.7 Å². The number of nitrogens with zero attached hydrogens (tertiary/aromatic N) is 5. The van der Waals surface area contributed by atoms with Crippen LogP contribution in [0.4, 0.5) is 10.6 Å². The third kappa shape index (κ3) is 3.48. The average molecular weight is 368 g/mol. The molecule has 0 spiro atoms. The van der Waals surface area contributed by atoms with Crippen molar-refractivity contribution in [1.29, 1.82) is 0 Å². The zero-order valence-corrected chi connectivity index (χ0v) is 14.9. The number of likely N-dealkylation sites (tertiary alicyclic amines) is 1. The van der Waals surface area contributed by atoms with Crippen molar-refractivity contribution in [2.75, 3.05) is 25.5 Å². The van der Waals surface area contributed by atoms with Crippen LogP contribution in [0.1, 0.15) is 12.8 Å². The number of carbonyl (C=O) groups is 1. The molecule has 1 aliphatic heterocycles. The van der Waals surface area contributed by atoms with E-state index in [0.717, 1.165) is 23.9 Å². The molecule has 3 aromatic rings. The van der Waals surface area contributed by atoms with Crippen LogP contribution in [-0.2, 0) is 0 Å². The van der Waals surface area contributed by atoms with Crippen molar-refractivity contribution >= 4 is 17.4 Å². The van der Waals surface area contributed by atoms with Gasteiger partial charge >= 0.3 is 6.09 Å². The van der Waals surface area contributed by atoms with Crippen LogP contribution in [0, 0.1) is 0 Å². The molecule has 1 atom stereocenters. The minimum atomic E-state index is -0.895. The second kappa shape index (κ2) is 7.10.